The lowest BCUT2D eigenvalue weighted by Crippen LogP contribution is -2.42. The number of nitrogens with zero attached hydrogens (tertiary/aromatic N) is 3. The van der Waals surface area contributed by atoms with Crippen molar-refractivity contribution in [1.82, 2.24) is 20.4 Å². The number of halogens is 1. The molecule has 0 bridgehead atoms. The van der Waals surface area contributed by atoms with Gasteiger partial charge in [-0.25, -0.2) is 4.99 Å². The third kappa shape index (κ3) is 7.56. The van der Waals surface area contributed by atoms with Crippen molar-refractivity contribution in [2.45, 2.75) is 45.9 Å². The molecule has 1 saturated heterocycles. The molecule has 2 N–H and O–H groups in total. The number of nitrogens with one attached hydrogen (secondary N) is 2. The van der Waals surface area contributed by atoms with E-state index in [2.05, 4.69) is 84.3 Å². The standard InChI is InChI=1S/C27H35N5O.HI/c1-3-28-27(29-16-23-17-31-32(20-23)19-22-8-5-4-6-9-22)30-18-25-10-7-15-33-26(25)24-13-11-21(2)12-14-24;/h4-6,8-9,11-14,17,20,25-26H,3,7,10,15-16,18-19H2,1-2H3,(H2,28,29,30);1H. The number of benzene rings is 2. The van der Waals surface area contributed by atoms with Crippen LogP contribution in [-0.2, 0) is 17.8 Å². The fourth-order valence-electron chi connectivity index (χ4n) is 4.26. The Morgan fingerprint density at radius 3 is 2.65 bits per heavy atom. The SMILES string of the molecule is CCNC(=NCc1cnn(Cc2ccccc2)c1)NCC1CCCOC1c1ccc(C)cc1.I. The van der Waals surface area contributed by atoms with Gasteiger partial charge in [0.2, 0.25) is 0 Å². The summed E-state index contributed by atoms with van der Waals surface area (Å²) in [5.74, 6) is 1.25. The Hall–Kier alpha value is -2.39. The summed E-state index contributed by atoms with van der Waals surface area (Å²) >= 11 is 0. The van der Waals surface area contributed by atoms with E-state index in [0.717, 1.165) is 50.6 Å². The van der Waals surface area contributed by atoms with E-state index >= 15 is 0 Å². The molecule has 1 fully saturated rings. The molecule has 0 aliphatic carbocycles. The van der Waals surface area contributed by atoms with Gasteiger partial charge < -0.3 is 15.4 Å². The summed E-state index contributed by atoms with van der Waals surface area (Å²) in [4.78, 5) is 4.80. The number of aliphatic imine (C=N–C) groups is 1. The van der Waals surface area contributed by atoms with Crippen LogP contribution in [0, 0.1) is 12.8 Å². The van der Waals surface area contributed by atoms with E-state index in [1.54, 1.807) is 0 Å². The van der Waals surface area contributed by atoms with Gasteiger partial charge in [0.25, 0.3) is 0 Å². The summed E-state index contributed by atoms with van der Waals surface area (Å²) in [5, 5.41) is 11.4. The molecular weight excluding hydrogens is 537 g/mol. The predicted molar refractivity (Wildman–Crippen MR) is 149 cm³/mol. The Morgan fingerprint density at radius 1 is 1.09 bits per heavy atom. The third-order valence-corrected chi connectivity index (χ3v) is 6.02. The first kappa shape index (κ1) is 26.2. The summed E-state index contributed by atoms with van der Waals surface area (Å²) in [6, 6.07) is 19.1. The predicted octanol–water partition coefficient (Wildman–Crippen LogP) is 5.08. The summed E-state index contributed by atoms with van der Waals surface area (Å²) in [6.07, 6.45) is 6.35. The van der Waals surface area contributed by atoms with Gasteiger partial charge in [-0.05, 0) is 37.8 Å². The van der Waals surface area contributed by atoms with Crippen molar-refractivity contribution in [3.05, 3.63) is 89.2 Å². The first-order valence-corrected chi connectivity index (χ1v) is 12.0. The molecule has 6 nitrogen and oxygen atoms in total. The first-order valence-electron chi connectivity index (χ1n) is 12.0. The average Bonchev–Trinajstić information content (AvgIpc) is 3.29. The Morgan fingerprint density at radius 2 is 1.88 bits per heavy atom. The Labute approximate surface area is 220 Å². The van der Waals surface area contributed by atoms with E-state index in [4.69, 9.17) is 9.73 Å². The highest BCUT2D eigenvalue weighted by Crippen LogP contribution is 2.33. The van der Waals surface area contributed by atoms with Gasteiger partial charge in [-0.1, -0.05) is 60.2 Å². The number of ether oxygens (including phenoxy) is 1. The van der Waals surface area contributed by atoms with Crippen molar-refractivity contribution in [1.29, 1.82) is 0 Å². The first-order chi connectivity index (χ1) is 16.2. The maximum Gasteiger partial charge on any atom is 0.191 e. The molecule has 2 atom stereocenters. The Balaban J connectivity index is 0.00000324. The van der Waals surface area contributed by atoms with Crippen LogP contribution in [0.15, 0.2) is 72.0 Å². The quantitative estimate of drug-likeness (QED) is 0.224. The molecule has 0 saturated carbocycles. The van der Waals surface area contributed by atoms with E-state index < -0.39 is 0 Å². The molecule has 1 aliphatic rings. The Kier molecular flexibility index (Phi) is 10.4. The maximum atomic E-state index is 6.18. The minimum absolute atomic E-state index is 0. The summed E-state index contributed by atoms with van der Waals surface area (Å²) in [6.45, 7) is 8.05. The van der Waals surface area contributed by atoms with E-state index in [-0.39, 0.29) is 30.1 Å². The van der Waals surface area contributed by atoms with Gasteiger partial charge in [-0.15, -0.1) is 24.0 Å². The zero-order valence-electron chi connectivity index (χ0n) is 20.1. The van der Waals surface area contributed by atoms with Gasteiger partial charge in [-0.3, -0.25) is 4.68 Å². The van der Waals surface area contributed by atoms with Crippen LogP contribution in [0.1, 0.15) is 48.1 Å². The second-order valence-electron chi connectivity index (χ2n) is 8.71. The second-order valence-corrected chi connectivity index (χ2v) is 8.71. The van der Waals surface area contributed by atoms with Crippen molar-refractivity contribution in [2.75, 3.05) is 19.7 Å². The van der Waals surface area contributed by atoms with Crippen LogP contribution < -0.4 is 10.6 Å². The van der Waals surface area contributed by atoms with E-state index in [9.17, 15) is 0 Å². The topological polar surface area (TPSA) is 63.5 Å². The van der Waals surface area contributed by atoms with Crippen molar-refractivity contribution < 1.29 is 4.74 Å². The monoisotopic (exact) mass is 573 g/mol. The van der Waals surface area contributed by atoms with Crippen LogP contribution in [0.25, 0.3) is 0 Å². The number of aromatic nitrogens is 2. The number of hydrogen-bond acceptors (Lipinski definition) is 3. The van der Waals surface area contributed by atoms with Crippen LogP contribution in [-0.4, -0.2) is 35.4 Å². The fraction of sp³-hybridized carbons (Fsp3) is 0.407. The molecule has 0 radical (unpaired) electrons. The van der Waals surface area contributed by atoms with Crippen LogP contribution in [0.3, 0.4) is 0 Å². The molecule has 1 aliphatic heterocycles. The van der Waals surface area contributed by atoms with Crippen molar-refractivity contribution in [2.24, 2.45) is 10.9 Å². The average molecular weight is 574 g/mol. The number of aryl methyl sites for hydroxylation is 1. The minimum atomic E-state index is 0. The van der Waals surface area contributed by atoms with Crippen LogP contribution in [0.4, 0.5) is 0 Å². The zero-order chi connectivity index (χ0) is 22.9. The number of rotatable bonds is 8. The van der Waals surface area contributed by atoms with Gasteiger partial charge in [0, 0.05) is 37.4 Å². The molecule has 1 aromatic heterocycles. The molecule has 182 valence electrons. The van der Waals surface area contributed by atoms with E-state index in [1.807, 2.05) is 16.9 Å². The lowest BCUT2D eigenvalue weighted by Gasteiger charge is -2.32. The summed E-state index contributed by atoms with van der Waals surface area (Å²) in [5.41, 5.74) is 4.88. The lowest BCUT2D eigenvalue weighted by atomic mass is 9.89. The van der Waals surface area contributed by atoms with Gasteiger partial charge >= 0.3 is 0 Å². The lowest BCUT2D eigenvalue weighted by molar-refractivity contribution is -0.0265. The highest BCUT2D eigenvalue weighted by atomic mass is 127. The van der Waals surface area contributed by atoms with Gasteiger partial charge in [0.05, 0.1) is 25.4 Å². The number of guanidine groups is 1. The van der Waals surface area contributed by atoms with Crippen LogP contribution in [0.5, 0.6) is 0 Å². The largest absolute Gasteiger partial charge is 0.373 e. The Bertz CT molecular complexity index is 1020. The number of hydrogen-bond donors (Lipinski definition) is 2. The second kappa shape index (κ2) is 13.5. The molecule has 34 heavy (non-hydrogen) atoms. The van der Waals surface area contributed by atoms with Crippen molar-refractivity contribution in [3.63, 3.8) is 0 Å². The summed E-state index contributed by atoms with van der Waals surface area (Å²) < 4.78 is 8.14. The smallest absolute Gasteiger partial charge is 0.191 e. The molecule has 2 aromatic carbocycles. The third-order valence-electron chi connectivity index (χ3n) is 6.02. The van der Waals surface area contributed by atoms with Crippen molar-refractivity contribution >= 4 is 29.9 Å². The highest BCUT2D eigenvalue weighted by Gasteiger charge is 2.27. The van der Waals surface area contributed by atoms with Gasteiger partial charge in [0.1, 0.15) is 0 Å². The van der Waals surface area contributed by atoms with Crippen molar-refractivity contribution in [3.8, 4) is 0 Å². The minimum Gasteiger partial charge on any atom is -0.373 e. The molecule has 2 unspecified atom stereocenters. The molecule has 4 rings (SSSR count). The van der Waals surface area contributed by atoms with Crippen LogP contribution in [0.2, 0.25) is 0 Å². The van der Waals surface area contributed by atoms with Crippen LogP contribution >= 0.6 is 24.0 Å². The molecular formula is C27H36IN5O. The van der Waals surface area contributed by atoms with E-state index in [1.165, 1.54) is 16.7 Å². The van der Waals surface area contributed by atoms with Gasteiger partial charge in [-0.2, -0.15) is 5.10 Å². The summed E-state index contributed by atoms with van der Waals surface area (Å²) in [7, 11) is 0. The maximum absolute atomic E-state index is 6.18. The molecule has 3 aromatic rings. The zero-order valence-corrected chi connectivity index (χ0v) is 22.4. The highest BCUT2D eigenvalue weighted by molar-refractivity contribution is 14.0. The van der Waals surface area contributed by atoms with E-state index in [0.29, 0.717) is 12.5 Å². The molecule has 0 amide bonds. The normalized spacial score (nSPS) is 18.2. The fourth-order valence-corrected chi connectivity index (χ4v) is 4.26. The van der Waals surface area contributed by atoms with Gasteiger partial charge in [0.15, 0.2) is 5.96 Å². The molecule has 7 heteroatoms. The molecule has 0 spiro atoms. The molecule has 2 heterocycles.